The molecule has 3 aromatic rings. The van der Waals surface area contributed by atoms with Gasteiger partial charge in [0.05, 0.1) is 37.5 Å². The van der Waals surface area contributed by atoms with Crippen LogP contribution in [0.3, 0.4) is 0 Å². The Bertz CT molecular complexity index is 1240. The van der Waals surface area contributed by atoms with E-state index in [1.54, 1.807) is 6.07 Å². The summed E-state index contributed by atoms with van der Waals surface area (Å²) in [6.07, 6.45) is -3.09. The van der Waals surface area contributed by atoms with Crippen molar-refractivity contribution in [3.63, 3.8) is 0 Å². The minimum Gasteiger partial charge on any atom is -0.495 e. The van der Waals surface area contributed by atoms with Crippen molar-refractivity contribution in [2.75, 3.05) is 26.1 Å². The molecule has 1 aliphatic rings. The van der Waals surface area contributed by atoms with Crippen LogP contribution in [0.5, 0.6) is 11.5 Å². The van der Waals surface area contributed by atoms with Crippen molar-refractivity contribution in [1.29, 1.82) is 0 Å². The van der Waals surface area contributed by atoms with Gasteiger partial charge in [0.2, 0.25) is 0 Å². The summed E-state index contributed by atoms with van der Waals surface area (Å²) in [5, 5.41) is 2.69. The van der Waals surface area contributed by atoms with Crippen molar-refractivity contribution < 1.29 is 37.0 Å². The van der Waals surface area contributed by atoms with E-state index < -0.39 is 30.2 Å². The third-order valence-corrected chi connectivity index (χ3v) is 5.49. The number of esters is 1. The first-order valence-corrected chi connectivity index (χ1v) is 10.4. The van der Waals surface area contributed by atoms with Crippen LogP contribution in [0, 0.1) is 0 Å². The molecule has 0 aliphatic carbocycles. The number of urea groups is 1. The standard InChI is InChI=1S/C23H21F3N4O5/c1-33-18-8-7-13(21(31)34-2)11-16(18)29-22(32)30-10-9-15-19(28-12-27-15)20(30)14-5-3-4-6-17(14)35-23(24,25)26/h3-8,11-12,20H,9-10H2,1-2H3,(H,27,28)(H,29,32)/t20-/m0/s1. The van der Waals surface area contributed by atoms with Gasteiger partial charge in [0, 0.05) is 24.2 Å². The summed E-state index contributed by atoms with van der Waals surface area (Å²) >= 11 is 0. The SMILES string of the molecule is COC(=O)c1ccc(OC)c(NC(=O)N2CCc3[nH]cnc3[C@@H]2c2ccccc2OC(F)(F)F)c1. The zero-order chi connectivity index (χ0) is 25.2. The topological polar surface area (TPSA) is 106 Å². The molecule has 1 aromatic heterocycles. The number of hydrogen-bond acceptors (Lipinski definition) is 6. The number of halogens is 3. The van der Waals surface area contributed by atoms with Crippen LogP contribution >= 0.6 is 0 Å². The van der Waals surface area contributed by atoms with Gasteiger partial charge in [-0.25, -0.2) is 14.6 Å². The highest BCUT2D eigenvalue weighted by molar-refractivity contribution is 5.95. The number of amides is 2. The summed E-state index contributed by atoms with van der Waals surface area (Å²) in [6, 6.07) is 8.35. The average Bonchev–Trinajstić information content (AvgIpc) is 3.31. The van der Waals surface area contributed by atoms with Crippen LogP contribution in [-0.4, -0.2) is 54.0 Å². The van der Waals surface area contributed by atoms with Gasteiger partial charge in [-0.3, -0.25) is 0 Å². The lowest BCUT2D eigenvalue weighted by atomic mass is 9.95. The molecule has 1 aliphatic heterocycles. The van der Waals surface area contributed by atoms with Gasteiger partial charge in [-0.15, -0.1) is 13.2 Å². The number of hydrogen-bond donors (Lipinski definition) is 2. The molecule has 0 saturated heterocycles. The summed E-state index contributed by atoms with van der Waals surface area (Å²) in [5.41, 5.74) is 1.58. The van der Waals surface area contributed by atoms with Crippen LogP contribution in [0.15, 0.2) is 48.8 Å². The van der Waals surface area contributed by atoms with Gasteiger partial charge in [-0.05, 0) is 24.3 Å². The number of alkyl halides is 3. The number of nitrogens with zero attached hydrogens (tertiary/aromatic N) is 2. The molecule has 35 heavy (non-hydrogen) atoms. The summed E-state index contributed by atoms with van der Waals surface area (Å²) < 4.78 is 53.5. The molecule has 2 aromatic carbocycles. The summed E-state index contributed by atoms with van der Waals surface area (Å²) in [5.74, 6) is -0.775. The highest BCUT2D eigenvalue weighted by Crippen LogP contribution is 2.40. The number of anilines is 1. The molecule has 0 unspecified atom stereocenters. The number of aromatic amines is 1. The molecule has 0 bridgehead atoms. The number of aromatic nitrogens is 2. The Labute approximate surface area is 197 Å². The number of H-pyrrole nitrogens is 1. The summed E-state index contributed by atoms with van der Waals surface area (Å²) in [6.45, 7) is 0.172. The Balaban J connectivity index is 1.72. The predicted octanol–water partition coefficient (Wildman–Crippen LogP) is 4.28. The first-order chi connectivity index (χ1) is 16.7. The van der Waals surface area contributed by atoms with Crippen LogP contribution in [-0.2, 0) is 11.2 Å². The fourth-order valence-electron chi connectivity index (χ4n) is 3.97. The van der Waals surface area contributed by atoms with E-state index in [2.05, 4.69) is 20.0 Å². The lowest BCUT2D eigenvalue weighted by Gasteiger charge is -2.36. The molecule has 0 saturated carbocycles. The van der Waals surface area contributed by atoms with Crippen LogP contribution < -0.4 is 14.8 Å². The van der Waals surface area contributed by atoms with Crippen LogP contribution in [0.2, 0.25) is 0 Å². The van der Waals surface area contributed by atoms with Gasteiger partial charge in [-0.2, -0.15) is 0 Å². The Morgan fingerprint density at radius 1 is 1.14 bits per heavy atom. The third kappa shape index (κ3) is 5.00. The number of carbonyl (C=O) groups excluding carboxylic acids is 2. The molecular weight excluding hydrogens is 469 g/mol. The number of ether oxygens (including phenoxy) is 3. The third-order valence-electron chi connectivity index (χ3n) is 5.49. The van der Waals surface area contributed by atoms with Crippen molar-refractivity contribution in [2.24, 2.45) is 0 Å². The largest absolute Gasteiger partial charge is 0.573 e. The van der Waals surface area contributed by atoms with E-state index in [-0.39, 0.29) is 29.1 Å². The van der Waals surface area contributed by atoms with E-state index in [0.29, 0.717) is 17.8 Å². The minimum atomic E-state index is -4.92. The Morgan fingerprint density at radius 2 is 1.91 bits per heavy atom. The molecule has 184 valence electrons. The molecule has 2 N–H and O–H groups in total. The molecule has 4 rings (SSSR count). The maximum absolute atomic E-state index is 13.4. The van der Waals surface area contributed by atoms with Crippen molar-refractivity contribution in [2.45, 2.75) is 18.8 Å². The van der Waals surface area contributed by atoms with Crippen molar-refractivity contribution in [1.82, 2.24) is 14.9 Å². The van der Waals surface area contributed by atoms with E-state index in [4.69, 9.17) is 9.47 Å². The molecule has 2 heterocycles. The molecule has 1 atom stereocenters. The zero-order valence-corrected chi connectivity index (χ0v) is 18.7. The van der Waals surface area contributed by atoms with Crippen molar-refractivity contribution in [3.8, 4) is 11.5 Å². The van der Waals surface area contributed by atoms with Gasteiger partial charge < -0.3 is 29.4 Å². The smallest absolute Gasteiger partial charge is 0.495 e. The Morgan fingerprint density at radius 3 is 2.63 bits per heavy atom. The number of nitrogens with one attached hydrogen (secondary N) is 2. The zero-order valence-electron chi connectivity index (χ0n) is 18.7. The second-order valence-corrected chi connectivity index (χ2v) is 7.53. The first-order valence-electron chi connectivity index (χ1n) is 10.4. The lowest BCUT2D eigenvalue weighted by Crippen LogP contribution is -2.43. The fourth-order valence-corrected chi connectivity index (χ4v) is 3.97. The maximum Gasteiger partial charge on any atom is 0.573 e. The normalized spacial score (nSPS) is 15.2. The van der Waals surface area contributed by atoms with Gasteiger partial charge in [0.25, 0.3) is 0 Å². The van der Waals surface area contributed by atoms with E-state index in [1.807, 2.05) is 0 Å². The highest BCUT2D eigenvalue weighted by Gasteiger charge is 2.39. The Hall–Kier alpha value is -4.22. The maximum atomic E-state index is 13.4. The molecule has 0 fully saturated rings. The van der Waals surface area contributed by atoms with E-state index in [1.165, 1.54) is 61.8 Å². The van der Waals surface area contributed by atoms with Gasteiger partial charge >= 0.3 is 18.4 Å². The average molecular weight is 490 g/mol. The minimum absolute atomic E-state index is 0.114. The molecule has 12 heteroatoms. The summed E-state index contributed by atoms with van der Waals surface area (Å²) in [7, 11) is 2.62. The van der Waals surface area contributed by atoms with Crippen molar-refractivity contribution in [3.05, 3.63) is 71.3 Å². The predicted molar refractivity (Wildman–Crippen MR) is 117 cm³/mol. The van der Waals surface area contributed by atoms with E-state index in [9.17, 15) is 22.8 Å². The molecule has 9 nitrogen and oxygen atoms in total. The molecular formula is C23H21F3N4O5. The second-order valence-electron chi connectivity index (χ2n) is 7.53. The van der Waals surface area contributed by atoms with Crippen LogP contribution in [0.1, 0.15) is 33.4 Å². The number of para-hydroxylation sites is 1. The lowest BCUT2D eigenvalue weighted by molar-refractivity contribution is -0.275. The first kappa shape index (κ1) is 23.9. The number of carbonyl (C=O) groups is 2. The number of benzene rings is 2. The van der Waals surface area contributed by atoms with Gasteiger partial charge in [-0.1, -0.05) is 18.2 Å². The van der Waals surface area contributed by atoms with E-state index >= 15 is 0 Å². The Kier molecular flexibility index (Phi) is 6.54. The van der Waals surface area contributed by atoms with Gasteiger partial charge in [0.1, 0.15) is 17.5 Å². The van der Waals surface area contributed by atoms with Crippen LogP contribution in [0.25, 0.3) is 0 Å². The number of imidazole rings is 1. The van der Waals surface area contributed by atoms with Crippen LogP contribution in [0.4, 0.5) is 23.7 Å². The number of methoxy groups -OCH3 is 2. The molecule has 0 spiro atoms. The number of rotatable bonds is 5. The van der Waals surface area contributed by atoms with Crippen molar-refractivity contribution >= 4 is 17.7 Å². The monoisotopic (exact) mass is 490 g/mol. The molecule has 2 amide bonds. The number of fused-ring (bicyclic) bond motifs is 1. The summed E-state index contributed by atoms with van der Waals surface area (Å²) in [4.78, 5) is 34.0. The fraction of sp³-hybridized carbons (Fsp3) is 0.261. The highest BCUT2D eigenvalue weighted by atomic mass is 19.4. The second kappa shape index (κ2) is 9.57. The quantitative estimate of drug-likeness (QED) is 0.517. The van der Waals surface area contributed by atoms with Gasteiger partial charge in [0.15, 0.2) is 0 Å². The molecule has 0 radical (unpaired) electrons. The van der Waals surface area contributed by atoms with E-state index in [0.717, 1.165) is 0 Å².